The van der Waals surface area contributed by atoms with Crippen molar-refractivity contribution in [1.29, 1.82) is 0 Å². The second kappa shape index (κ2) is 4.91. The van der Waals surface area contributed by atoms with Crippen molar-refractivity contribution in [3.05, 3.63) is 41.3 Å². The molecule has 0 saturated heterocycles. The Labute approximate surface area is 112 Å². The van der Waals surface area contributed by atoms with Crippen LogP contribution in [-0.2, 0) is 10.0 Å². The standard InChI is InChI=1S/C10H9BrN4O2S/c11-9-7(3-1-5-13-9)15-18(16,17)8-4-2-6-14-10(8)12/h1-6,15H,(H2,12,14). The van der Waals surface area contributed by atoms with E-state index in [0.717, 1.165) is 0 Å². The number of nitrogens with two attached hydrogens (primary N) is 1. The molecule has 2 heterocycles. The monoisotopic (exact) mass is 328 g/mol. The van der Waals surface area contributed by atoms with Crippen LogP contribution in [0.25, 0.3) is 0 Å². The zero-order valence-electron chi connectivity index (χ0n) is 9.04. The van der Waals surface area contributed by atoms with Gasteiger partial charge in [-0.25, -0.2) is 18.4 Å². The van der Waals surface area contributed by atoms with E-state index in [0.29, 0.717) is 10.3 Å². The Morgan fingerprint density at radius 2 is 1.83 bits per heavy atom. The fourth-order valence-electron chi connectivity index (χ4n) is 1.29. The fourth-order valence-corrected chi connectivity index (χ4v) is 2.92. The van der Waals surface area contributed by atoms with Gasteiger partial charge in [0.25, 0.3) is 10.0 Å². The molecular weight excluding hydrogens is 320 g/mol. The molecule has 0 spiro atoms. The maximum Gasteiger partial charge on any atom is 0.265 e. The topological polar surface area (TPSA) is 98.0 Å². The Hall–Kier alpha value is -1.67. The van der Waals surface area contributed by atoms with E-state index >= 15 is 0 Å². The number of rotatable bonds is 3. The van der Waals surface area contributed by atoms with E-state index in [-0.39, 0.29) is 10.7 Å². The lowest BCUT2D eigenvalue weighted by molar-refractivity contribution is 0.601. The molecule has 0 aliphatic carbocycles. The van der Waals surface area contributed by atoms with Crippen molar-refractivity contribution in [1.82, 2.24) is 9.97 Å². The van der Waals surface area contributed by atoms with Crippen LogP contribution < -0.4 is 10.5 Å². The van der Waals surface area contributed by atoms with Gasteiger partial charge in [0.15, 0.2) is 0 Å². The number of anilines is 2. The zero-order chi connectivity index (χ0) is 13.2. The molecule has 3 N–H and O–H groups in total. The molecule has 0 amide bonds. The number of nitrogen functional groups attached to an aromatic ring is 1. The molecule has 0 unspecified atom stereocenters. The van der Waals surface area contributed by atoms with Crippen molar-refractivity contribution in [3.63, 3.8) is 0 Å². The third kappa shape index (κ3) is 2.59. The van der Waals surface area contributed by atoms with Crippen LogP contribution >= 0.6 is 15.9 Å². The minimum atomic E-state index is -3.77. The summed E-state index contributed by atoms with van der Waals surface area (Å²) in [6, 6.07) is 6.09. The van der Waals surface area contributed by atoms with Crippen LogP contribution in [0.5, 0.6) is 0 Å². The summed E-state index contributed by atoms with van der Waals surface area (Å²) in [6.07, 6.45) is 2.97. The predicted octanol–water partition coefficient (Wildman–Crippen LogP) is 1.62. The number of hydrogen-bond donors (Lipinski definition) is 2. The number of nitrogens with zero attached hydrogens (tertiary/aromatic N) is 2. The van der Waals surface area contributed by atoms with Crippen LogP contribution in [0, 0.1) is 0 Å². The van der Waals surface area contributed by atoms with E-state index in [1.54, 1.807) is 18.3 Å². The molecule has 0 atom stereocenters. The highest BCUT2D eigenvalue weighted by Gasteiger charge is 2.19. The lowest BCUT2D eigenvalue weighted by Crippen LogP contribution is -2.15. The average molecular weight is 329 g/mol. The second-order valence-electron chi connectivity index (χ2n) is 3.33. The normalized spacial score (nSPS) is 11.2. The number of halogens is 1. The van der Waals surface area contributed by atoms with Gasteiger partial charge in [-0.05, 0) is 40.2 Å². The highest BCUT2D eigenvalue weighted by atomic mass is 79.9. The van der Waals surface area contributed by atoms with E-state index in [9.17, 15) is 8.42 Å². The maximum atomic E-state index is 12.1. The van der Waals surface area contributed by atoms with Gasteiger partial charge >= 0.3 is 0 Å². The highest BCUT2D eigenvalue weighted by molar-refractivity contribution is 9.10. The number of hydrogen-bond acceptors (Lipinski definition) is 5. The molecule has 0 radical (unpaired) electrons. The van der Waals surface area contributed by atoms with Crippen LogP contribution in [0.1, 0.15) is 0 Å². The molecule has 0 bridgehead atoms. The largest absolute Gasteiger partial charge is 0.383 e. The first-order valence-electron chi connectivity index (χ1n) is 4.84. The SMILES string of the molecule is Nc1ncccc1S(=O)(=O)Nc1cccnc1Br. The maximum absolute atomic E-state index is 12.1. The summed E-state index contributed by atoms with van der Waals surface area (Å²) in [7, 11) is -3.77. The van der Waals surface area contributed by atoms with Gasteiger partial charge in [-0.15, -0.1) is 0 Å². The van der Waals surface area contributed by atoms with Gasteiger partial charge in [0.2, 0.25) is 0 Å². The molecule has 2 aromatic rings. The Morgan fingerprint density at radius 1 is 1.17 bits per heavy atom. The van der Waals surface area contributed by atoms with Crippen LogP contribution in [0.2, 0.25) is 0 Å². The molecule has 0 fully saturated rings. The van der Waals surface area contributed by atoms with E-state index < -0.39 is 10.0 Å². The van der Waals surface area contributed by atoms with Crippen LogP contribution in [0.3, 0.4) is 0 Å². The summed E-state index contributed by atoms with van der Waals surface area (Å²) in [4.78, 5) is 7.59. The number of nitrogens with one attached hydrogen (secondary N) is 1. The Kier molecular flexibility index (Phi) is 3.48. The Bertz CT molecular complexity index is 675. The summed E-state index contributed by atoms with van der Waals surface area (Å²) in [5, 5.41) is 0. The van der Waals surface area contributed by atoms with Crippen molar-refractivity contribution in [2.45, 2.75) is 4.90 Å². The van der Waals surface area contributed by atoms with Crippen molar-refractivity contribution in [3.8, 4) is 0 Å². The van der Waals surface area contributed by atoms with Crippen LogP contribution in [0.4, 0.5) is 11.5 Å². The van der Waals surface area contributed by atoms with Gasteiger partial charge in [0, 0.05) is 12.4 Å². The molecule has 0 aliphatic heterocycles. The molecule has 0 aliphatic rings. The van der Waals surface area contributed by atoms with Gasteiger partial charge in [-0.3, -0.25) is 4.72 Å². The molecular formula is C10H9BrN4O2S. The zero-order valence-corrected chi connectivity index (χ0v) is 11.4. The average Bonchev–Trinajstić information content (AvgIpc) is 2.32. The third-order valence-electron chi connectivity index (χ3n) is 2.09. The molecule has 18 heavy (non-hydrogen) atoms. The summed E-state index contributed by atoms with van der Waals surface area (Å²) < 4.78 is 27.0. The number of sulfonamides is 1. The molecule has 0 saturated carbocycles. The van der Waals surface area contributed by atoms with E-state index in [4.69, 9.17) is 5.73 Å². The fraction of sp³-hybridized carbons (Fsp3) is 0. The molecule has 8 heteroatoms. The first kappa shape index (κ1) is 12.8. The molecule has 0 aromatic carbocycles. The van der Waals surface area contributed by atoms with Crippen molar-refractivity contribution >= 4 is 37.5 Å². The molecule has 94 valence electrons. The minimum absolute atomic E-state index is 0.0509. The van der Waals surface area contributed by atoms with E-state index in [1.807, 2.05) is 0 Å². The minimum Gasteiger partial charge on any atom is -0.383 e. The van der Waals surface area contributed by atoms with E-state index in [1.165, 1.54) is 18.3 Å². The smallest absolute Gasteiger partial charge is 0.265 e. The molecule has 6 nitrogen and oxygen atoms in total. The lowest BCUT2D eigenvalue weighted by atomic mass is 10.4. The first-order chi connectivity index (χ1) is 8.50. The summed E-state index contributed by atoms with van der Waals surface area (Å²) >= 11 is 3.16. The lowest BCUT2D eigenvalue weighted by Gasteiger charge is -2.09. The quantitative estimate of drug-likeness (QED) is 0.834. The summed E-state index contributed by atoms with van der Waals surface area (Å²) in [5.74, 6) is -0.0509. The van der Waals surface area contributed by atoms with Crippen LogP contribution in [0.15, 0.2) is 46.2 Å². The van der Waals surface area contributed by atoms with Gasteiger partial charge in [0.05, 0.1) is 5.69 Å². The first-order valence-corrected chi connectivity index (χ1v) is 7.12. The van der Waals surface area contributed by atoms with Crippen molar-refractivity contribution in [2.24, 2.45) is 0 Å². The molecule has 2 aromatic heterocycles. The summed E-state index contributed by atoms with van der Waals surface area (Å²) in [5.41, 5.74) is 5.87. The van der Waals surface area contributed by atoms with Crippen molar-refractivity contribution in [2.75, 3.05) is 10.5 Å². The van der Waals surface area contributed by atoms with Gasteiger partial charge in [-0.1, -0.05) is 0 Å². The molecule has 2 rings (SSSR count). The third-order valence-corrected chi connectivity index (χ3v) is 4.14. The van der Waals surface area contributed by atoms with Gasteiger partial charge < -0.3 is 5.73 Å². The second-order valence-corrected chi connectivity index (χ2v) is 5.74. The number of aromatic nitrogens is 2. The van der Waals surface area contributed by atoms with Crippen LogP contribution in [-0.4, -0.2) is 18.4 Å². The Balaban J connectivity index is 2.40. The number of pyridine rings is 2. The Morgan fingerprint density at radius 3 is 2.50 bits per heavy atom. The predicted molar refractivity (Wildman–Crippen MR) is 71.4 cm³/mol. The van der Waals surface area contributed by atoms with Gasteiger partial charge in [0.1, 0.15) is 15.3 Å². The summed E-state index contributed by atoms with van der Waals surface area (Å²) in [6.45, 7) is 0. The van der Waals surface area contributed by atoms with Gasteiger partial charge in [-0.2, -0.15) is 0 Å². The van der Waals surface area contributed by atoms with Crippen molar-refractivity contribution < 1.29 is 8.42 Å². The highest BCUT2D eigenvalue weighted by Crippen LogP contribution is 2.23. The van der Waals surface area contributed by atoms with E-state index in [2.05, 4.69) is 30.6 Å².